The van der Waals surface area contributed by atoms with Gasteiger partial charge >= 0.3 is 0 Å². The smallest absolute Gasteiger partial charge is 0.207 e. The Morgan fingerprint density at radius 1 is 0.824 bits per heavy atom. The van der Waals surface area contributed by atoms with Gasteiger partial charge in [0.05, 0.1) is 0 Å². The Labute approximate surface area is 107 Å². The van der Waals surface area contributed by atoms with Crippen LogP contribution in [0.25, 0.3) is 0 Å². The van der Waals surface area contributed by atoms with Gasteiger partial charge in [-0.15, -0.1) is 0 Å². The highest BCUT2D eigenvalue weighted by Gasteiger charge is 2.52. The van der Waals surface area contributed by atoms with Crippen LogP contribution in [0, 0.1) is 5.41 Å². The highest BCUT2D eigenvalue weighted by Crippen LogP contribution is 2.53. The molecule has 0 nitrogen and oxygen atoms in total. The highest BCUT2D eigenvalue weighted by atomic mass is 19.3. The van der Waals surface area contributed by atoms with E-state index in [2.05, 4.69) is 0 Å². The molecule has 0 saturated heterocycles. The third kappa shape index (κ3) is 8.57. The number of hydrogen-bond donors (Lipinski definition) is 0. The van der Waals surface area contributed by atoms with Gasteiger partial charge in [-0.3, -0.25) is 0 Å². The second kappa shape index (κ2) is 9.85. The first-order chi connectivity index (χ1) is 7.97. The fourth-order valence-corrected chi connectivity index (χ4v) is 1.70. The van der Waals surface area contributed by atoms with E-state index < -0.39 is 5.92 Å². The zero-order valence-electron chi connectivity index (χ0n) is 12.7. The van der Waals surface area contributed by atoms with Gasteiger partial charge in [0.2, 0.25) is 5.92 Å². The lowest BCUT2D eigenvalue weighted by atomic mass is 9.66. The molecule has 0 aromatic carbocycles. The molecule has 2 aliphatic carbocycles. The van der Waals surface area contributed by atoms with E-state index >= 15 is 0 Å². The molecule has 0 amide bonds. The zero-order valence-corrected chi connectivity index (χ0v) is 12.7. The SMILES string of the molecule is C1CCC1.CC.CC.CCC1(C)CC(F)(F)C1. The van der Waals surface area contributed by atoms with Gasteiger partial charge in [0, 0.05) is 12.8 Å². The van der Waals surface area contributed by atoms with Crippen molar-refractivity contribution in [2.75, 3.05) is 0 Å². The molecule has 17 heavy (non-hydrogen) atoms. The first kappa shape index (κ1) is 19.2. The van der Waals surface area contributed by atoms with Gasteiger partial charge < -0.3 is 0 Å². The standard InChI is InChI=1S/C7H12F2.C4H8.2C2H6/c1-3-6(2)4-7(8,9)5-6;1-2-4-3-1;2*1-2/h3-5H2,1-2H3;1-4H2;2*1-2H3. The molecule has 0 N–H and O–H groups in total. The summed E-state index contributed by atoms with van der Waals surface area (Å²) in [5.41, 5.74) is -0.0521. The lowest BCUT2D eigenvalue weighted by molar-refractivity contribution is -0.154. The number of alkyl halides is 2. The van der Waals surface area contributed by atoms with E-state index in [0.29, 0.717) is 0 Å². The summed E-state index contributed by atoms with van der Waals surface area (Å²) in [7, 11) is 0. The Bertz CT molecular complexity index is 148. The Kier molecular flexibility index (Phi) is 11.1. The Hall–Kier alpha value is -0.140. The van der Waals surface area contributed by atoms with E-state index in [1.54, 1.807) is 0 Å². The van der Waals surface area contributed by atoms with Crippen LogP contribution in [0.5, 0.6) is 0 Å². The molecule has 0 spiro atoms. The first-order valence-corrected chi connectivity index (χ1v) is 7.35. The van der Waals surface area contributed by atoms with Gasteiger partial charge in [0.1, 0.15) is 0 Å². The van der Waals surface area contributed by atoms with Crippen LogP contribution in [0.1, 0.15) is 86.5 Å². The fourth-order valence-electron chi connectivity index (χ4n) is 1.70. The van der Waals surface area contributed by atoms with Crippen LogP contribution in [0.3, 0.4) is 0 Å². The minimum absolute atomic E-state index is 0.0521. The van der Waals surface area contributed by atoms with Crippen LogP contribution >= 0.6 is 0 Å². The van der Waals surface area contributed by atoms with Crippen molar-refractivity contribution in [3.8, 4) is 0 Å². The summed E-state index contributed by atoms with van der Waals surface area (Å²) in [6, 6.07) is 0. The van der Waals surface area contributed by atoms with Crippen molar-refractivity contribution < 1.29 is 8.78 Å². The molecule has 0 radical (unpaired) electrons. The summed E-state index contributed by atoms with van der Waals surface area (Å²) in [4.78, 5) is 0. The quantitative estimate of drug-likeness (QED) is 0.502. The van der Waals surface area contributed by atoms with Gasteiger partial charge in [0.25, 0.3) is 0 Å². The summed E-state index contributed by atoms with van der Waals surface area (Å²) in [6.45, 7) is 11.9. The second-order valence-electron chi connectivity index (χ2n) is 4.79. The van der Waals surface area contributed by atoms with Gasteiger partial charge in [-0.25, -0.2) is 8.78 Å². The highest BCUT2D eigenvalue weighted by molar-refractivity contribution is 4.94. The maximum Gasteiger partial charge on any atom is 0.249 e. The average molecular weight is 250 g/mol. The molecule has 0 aliphatic heterocycles. The van der Waals surface area contributed by atoms with Crippen molar-refractivity contribution in [3.63, 3.8) is 0 Å². The molecule has 0 bridgehead atoms. The predicted molar refractivity (Wildman–Crippen MR) is 73.7 cm³/mol. The Morgan fingerprint density at radius 2 is 1.12 bits per heavy atom. The van der Waals surface area contributed by atoms with E-state index in [-0.39, 0.29) is 18.3 Å². The Morgan fingerprint density at radius 3 is 1.18 bits per heavy atom. The largest absolute Gasteiger partial charge is 0.249 e. The summed E-state index contributed by atoms with van der Waals surface area (Å²) in [6.07, 6.45) is 7.07. The van der Waals surface area contributed by atoms with Crippen molar-refractivity contribution in [2.45, 2.75) is 92.4 Å². The van der Waals surface area contributed by atoms with Gasteiger partial charge in [-0.05, 0) is 5.41 Å². The van der Waals surface area contributed by atoms with E-state index in [4.69, 9.17) is 0 Å². The van der Waals surface area contributed by atoms with E-state index in [1.807, 2.05) is 41.5 Å². The lowest BCUT2D eigenvalue weighted by Crippen LogP contribution is -2.43. The molecule has 0 aromatic heterocycles. The molecule has 2 rings (SSSR count). The van der Waals surface area contributed by atoms with E-state index in [9.17, 15) is 8.78 Å². The molecule has 2 fully saturated rings. The molecule has 0 heterocycles. The fraction of sp³-hybridized carbons (Fsp3) is 1.00. The molecular weight excluding hydrogens is 218 g/mol. The molecule has 0 unspecified atom stereocenters. The maximum absolute atomic E-state index is 12.2. The van der Waals surface area contributed by atoms with Crippen molar-refractivity contribution in [1.82, 2.24) is 0 Å². The van der Waals surface area contributed by atoms with Gasteiger partial charge in [-0.1, -0.05) is 73.6 Å². The second-order valence-corrected chi connectivity index (χ2v) is 4.79. The van der Waals surface area contributed by atoms with Crippen LogP contribution in [-0.2, 0) is 0 Å². The lowest BCUT2D eigenvalue weighted by Gasteiger charge is -2.44. The van der Waals surface area contributed by atoms with Gasteiger partial charge in [-0.2, -0.15) is 0 Å². The third-order valence-electron chi connectivity index (χ3n) is 3.22. The topological polar surface area (TPSA) is 0 Å². The minimum atomic E-state index is -2.34. The normalized spacial score (nSPS) is 21.9. The summed E-state index contributed by atoms with van der Waals surface area (Å²) < 4.78 is 24.4. The zero-order chi connectivity index (χ0) is 13.9. The summed E-state index contributed by atoms with van der Waals surface area (Å²) in [5, 5.41) is 0. The third-order valence-corrected chi connectivity index (χ3v) is 3.22. The number of rotatable bonds is 1. The average Bonchev–Trinajstić information content (AvgIpc) is 2.18. The van der Waals surface area contributed by atoms with Crippen molar-refractivity contribution in [3.05, 3.63) is 0 Å². The molecule has 2 aliphatic rings. The summed E-state index contributed by atoms with van der Waals surface area (Å²) in [5.74, 6) is -2.34. The van der Waals surface area contributed by atoms with Crippen LogP contribution < -0.4 is 0 Å². The van der Waals surface area contributed by atoms with Crippen LogP contribution in [0.15, 0.2) is 0 Å². The number of halogens is 2. The molecule has 0 atom stereocenters. The maximum atomic E-state index is 12.2. The molecule has 106 valence electrons. The molecule has 0 aromatic rings. The molecular formula is C15H32F2. The monoisotopic (exact) mass is 250 g/mol. The Balaban J connectivity index is 0. The van der Waals surface area contributed by atoms with Crippen LogP contribution in [0.4, 0.5) is 8.78 Å². The van der Waals surface area contributed by atoms with Crippen LogP contribution in [0.2, 0.25) is 0 Å². The van der Waals surface area contributed by atoms with Gasteiger partial charge in [0.15, 0.2) is 0 Å². The van der Waals surface area contributed by atoms with E-state index in [0.717, 1.165) is 6.42 Å². The van der Waals surface area contributed by atoms with Crippen molar-refractivity contribution >= 4 is 0 Å². The van der Waals surface area contributed by atoms with Crippen molar-refractivity contribution in [1.29, 1.82) is 0 Å². The first-order valence-electron chi connectivity index (χ1n) is 7.35. The van der Waals surface area contributed by atoms with E-state index in [1.165, 1.54) is 25.7 Å². The van der Waals surface area contributed by atoms with Crippen molar-refractivity contribution in [2.24, 2.45) is 5.41 Å². The summed E-state index contributed by atoms with van der Waals surface area (Å²) >= 11 is 0. The minimum Gasteiger partial charge on any atom is -0.207 e. The molecule has 2 heteroatoms. The molecule has 2 saturated carbocycles. The predicted octanol–water partition coefficient (Wildman–Crippen LogP) is 6.44. The number of hydrogen-bond acceptors (Lipinski definition) is 0. The van der Waals surface area contributed by atoms with Crippen LogP contribution in [-0.4, -0.2) is 5.92 Å².